The number of rotatable bonds is 6. The molecule has 0 radical (unpaired) electrons. The average Bonchev–Trinajstić information content (AvgIpc) is 2.58. The lowest BCUT2D eigenvalue weighted by Gasteiger charge is -2.21. The van der Waals surface area contributed by atoms with E-state index in [1.54, 1.807) is 17.4 Å². The minimum absolute atomic E-state index is 0.0800. The van der Waals surface area contributed by atoms with Crippen molar-refractivity contribution >= 4 is 28.4 Å². The number of nitrogens with zero attached hydrogens (tertiary/aromatic N) is 3. The highest BCUT2D eigenvalue weighted by molar-refractivity contribution is 7.85. The number of anilines is 3. The summed E-state index contributed by atoms with van der Waals surface area (Å²) >= 11 is 0. The first-order valence-corrected chi connectivity index (χ1v) is 9.17. The van der Waals surface area contributed by atoms with Crippen LogP contribution in [0.1, 0.15) is 16.7 Å². The van der Waals surface area contributed by atoms with Gasteiger partial charge in [-0.25, -0.2) is 9.19 Å². The quantitative estimate of drug-likeness (QED) is 0.797. The minimum atomic E-state index is -4.58. The van der Waals surface area contributed by atoms with Crippen molar-refractivity contribution in [2.75, 3.05) is 35.3 Å². The van der Waals surface area contributed by atoms with E-state index < -0.39 is 22.7 Å². The molecule has 0 aliphatic heterocycles. The van der Waals surface area contributed by atoms with Gasteiger partial charge in [0.15, 0.2) is 0 Å². The molecule has 0 amide bonds. The van der Waals surface area contributed by atoms with Gasteiger partial charge in [0, 0.05) is 33.1 Å². The van der Waals surface area contributed by atoms with Crippen LogP contribution in [0.15, 0.2) is 24.4 Å². The summed E-state index contributed by atoms with van der Waals surface area (Å²) in [4.78, 5) is 7.50. The van der Waals surface area contributed by atoms with Crippen molar-refractivity contribution in [3.8, 4) is 0 Å². The van der Waals surface area contributed by atoms with Gasteiger partial charge >= 0.3 is 6.18 Å². The Morgan fingerprint density at radius 3 is 2.58 bits per heavy atom. The fraction of sp³-hybridized carbons (Fsp3) is 0.375. The molecule has 1 heterocycles. The lowest BCUT2D eigenvalue weighted by atomic mass is 10.1. The lowest BCUT2D eigenvalue weighted by Crippen LogP contribution is -2.21. The Kier molecular flexibility index (Phi) is 6.06. The third-order valence-corrected chi connectivity index (χ3v) is 4.70. The summed E-state index contributed by atoms with van der Waals surface area (Å²) in [6.45, 7) is 1.97. The van der Waals surface area contributed by atoms with Gasteiger partial charge in [-0.2, -0.15) is 18.2 Å². The first-order chi connectivity index (χ1) is 12.1. The van der Waals surface area contributed by atoms with Crippen LogP contribution in [0.2, 0.25) is 0 Å². The molecule has 0 saturated heterocycles. The topological polar surface area (TPSA) is 70.2 Å². The molecule has 1 aromatic heterocycles. The highest BCUT2D eigenvalue weighted by atomic mass is 32.2. The summed E-state index contributed by atoms with van der Waals surface area (Å²) in [6, 6.07) is 5.47. The molecule has 2 N–H and O–H groups in total. The molecule has 2 rings (SSSR count). The van der Waals surface area contributed by atoms with Gasteiger partial charge in [0.25, 0.3) is 0 Å². The second-order valence-corrected chi connectivity index (χ2v) is 7.01. The maximum Gasteiger partial charge on any atom is 0.421 e. The van der Waals surface area contributed by atoms with E-state index in [0.717, 1.165) is 11.8 Å². The Hall–Kier alpha value is -2.36. The molecule has 142 valence electrons. The van der Waals surface area contributed by atoms with Gasteiger partial charge < -0.3 is 10.6 Å². The number of nitrogens with one attached hydrogen (secondary N) is 2. The number of halogens is 3. The number of alkyl halides is 3. The van der Waals surface area contributed by atoms with Crippen LogP contribution in [-0.4, -0.2) is 34.5 Å². The molecule has 1 unspecified atom stereocenters. The van der Waals surface area contributed by atoms with Crippen molar-refractivity contribution in [3.63, 3.8) is 0 Å². The Morgan fingerprint density at radius 1 is 1.31 bits per heavy atom. The molecule has 26 heavy (non-hydrogen) atoms. The lowest BCUT2D eigenvalue weighted by molar-refractivity contribution is -0.137. The number of aryl methyl sites for hydroxylation is 1. The smallest absolute Gasteiger partial charge is 0.365 e. The van der Waals surface area contributed by atoms with E-state index in [1.807, 2.05) is 19.1 Å². The van der Waals surface area contributed by atoms with Gasteiger partial charge in [-0.1, -0.05) is 12.1 Å². The summed E-state index contributed by atoms with van der Waals surface area (Å²) < 4.78 is 52.9. The maximum absolute atomic E-state index is 13.2. The fourth-order valence-corrected chi connectivity index (χ4v) is 2.73. The Morgan fingerprint density at radius 2 is 2.00 bits per heavy atom. The summed E-state index contributed by atoms with van der Waals surface area (Å²) in [5.74, 6) is -0.236. The number of hydrogen-bond acceptors (Lipinski definition) is 5. The molecule has 0 fully saturated rings. The van der Waals surface area contributed by atoms with Crippen molar-refractivity contribution in [1.82, 2.24) is 9.97 Å². The summed E-state index contributed by atoms with van der Waals surface area (Å²) in [7, 11) is 1.93. The molecule has 0 aliphatic carbocycles. The van der Waals surface area contributed by atoms with E-state index in [1.165, 1.54) is 13.3 Å². The molecule has 1 atom stereocenters. The largest absolute Gasteiger partial charge is 0.421 e. The van der Waals surface area contributed by atoms with Crippen LogP contribution >= 0.6 is 0 Å². The predicted molar refractivity (Wildman–Crippen MR) is 97.6 cm³/mol. The SMILES string of the molecule is CNc1ncc(C(F)(F)F)c(NCc2ccc(C)cc2N(C)S(C)=O)n1. The van der Waals surface area contributed by atoms with Crippen LogP contribution in [0, 0.1) is 6.92 Å². The van der Waals surface area contributed by atoms with Crippen LogP contribution in [0.4, 0.5) is 30.6 Å². The molecule has 0 bridgehead atoms. The zero-order valence-electron chi connectivity index (χ0n) is 14.8. The number of benzene rings is 1. The van der Waals surface area contributed by atoms with Crippen LogP contribution in [0.25, 0.3) is 0 Å². The highest BCUT2D eigenvalue weighted by Gasteiger charge is 2.35. The summed E-state index contributed by atoms with van der Waals surface area (Å²) in [5, 5.41) is 5.35. The normalized spacial score (nSPS) is 12.6. The minimum Gasteiger partial charge on any atom is -0.365 e. The van der Waals surface area contributed by atoms with Crippen molar-refractivity contribution in [3.05, 3.63) is 41.1 Å². The van der Waals surface area contributed by atoms with Gasteiger partial charge in [0.05, 0.1) is 5.69 Å². The first kappa shape index (κ1) is 20.0. The molecule has 0 spiro atoms. The third-order valence-electron chi connectivity index (χ3n) is 3.73. The fourth-order valence-electron chi connectivity index (χ4n) is 2.28. The first-order valence-electron chi connectivity index (χ1n) is 7.66. The van der Waals surface area contributed by atoms with Crippen molar-refractivity contribution < 1.29 is 17.4 Å². The summed E-state index contributed by atoms with van der Waals surface area (Å²) in [6.07, 6.45) is -2.30. The molecular weight excluding hydrogens is 367 g/mol. The average molecular weight is 387 g/mol. The second-order valence-electron chi connectivity index (χ2n) is 5.61. The molecular formula is C16H20F3N5OS. The summed E-state index contributed by atoms with van der Waals surface area (Å²) in [5.41, 5.74) is 1.38. The van der Waals surface area contributed by atoms with Crippen LogP contribution in [0.3, 0.4) is 0 Å². The number of hydrogen-bond donors (Lipinski definition) is 2. The zero-order chi connectivity index (χ0) is 19.5. The molecule has 0 aliphatic rings. The van der Waals surface area contributed by atoms with E-state index in [-0.39, 0.29) is 18.3 Å². The van der Waals surface area contributed by atoms with E-state index in [0.29, 0.717) is 11.3 Å². The molecule has 6 nitrogen and oxygen atoms in total. The molecule has 0 saturated carbocycles. The van der Waals surface area contributed by atoms with Crippen molar-refractivity contribution in [2.45, 2.75) is 19.6 Å². The van der Waals surface area contributed by atoms with E-state index in [9.17, 15) is 17.4 Å². The van der Waals surface area contributed by atoms with Crippen molar-refractivity contribution in [1.29, 1.82) is 0 Å². The van der Waals surface area contributed by atoms with Gasteiger partial charge in [-0.05, 0) is 24.1 Å². The van der Waals surface area contributed by atoms with E-state index in [4.69, 9.17) is 0 Å². The Labute approximate surface area is 152 Å². The molecule has 1 aromatic carbocycles. The van der Waals surface area contributed by atoms with Gasteiger partial charge in [-0.15, -0.1) is 0 Å². The van der Waals surface area contributed by atoms with Gasteiger partial charge in [0.2, 0.25) is 5.95 Å². The Bertz CT molecular complexity index is 813. The third kappa shape index (κ3) is 4.63. The van der Waals surface area contributed by atoms with Gasteiger partial charge in [-0.3, -0.25) is 4.31 Å². The zero-order valence-corrected chi connectivity index (χ0v) is 15.6. The van der Waals surface area contributed by atoms with Crippen molar-refractivity contribution in [2.24, 2.45) is 0 Å². The van der Waals surface area contributed by atoms with E-state index in [2.05, 4.69) is 20.6 Å². The van der Waals surface area contributed by atoms with Gasteiger partial charge in [0.1, 0.15) is 22.4 Å². The monoisotopic (exact) mass is 387 g/mol. The standard InChI is InChI=1S/C16H20F3N5OS/c1-10-5-6-11(13(7-10)24(3)26(4)25)8-21-14-12(16(17,18)19)9-22-15(20-2)23-14/h5-7,9H,8H2,1-4H3,(H2,20,21,22,23). The highest BCUT2D eigenvalue weighted by Crippen LogP contribution is 2.34. The van der Waals surface area contributed by atoms with E-state index >= 15 is 0 Å². The van der Waals surface area contributed by atoms with Crippen LogP contribution in [-0.2, 0) is 23.7 Å². The molecule has 10 heteroatoms. The Balaban J connectivity index is 2.36. The van der Waals surface area contributed by atoms with Crippen LogP contribution < -0.4 is 14.9 Å². The maximum atomic E-state index is 13.2. The predicted octanol–water partition coefficient (Wildman–Crippen LogP) is 3.19. The van der Waals surface area contributed by atoms with Crippen LogP contribution in [0.5, 0.6) is 0 Å². The number of aromatic nitrogens is 2. The second kappa shape index (κ2) is 7.90. The molecule has 2 aromatic rings.